The molecule has 1 heterocycles. The molecule has 0 atom stereocenters. The third-order valence-corrected chi connectivity index (χ3v) is 6.79. The topological polar surface area (TPSA) is 56.5 Å². The van der Waals surface area contributed by atoms with Gasteiger partial charge in [0.1, 0.15) is 28.4 Å². The number of benzene rings is 3. The van der Waals surface area contributed by atoms with E-state index in [1.807, 2.05) is 28.8 Å². The number of imidazole rings is 1. The van der Waals surface area contributed by atoms with E-state index in [0.717, 1.165) is 49.5 Å². The van der Waals surface area contributed by atoms with Crippen molar-refractivity contribution in [2.24, 2.45) is 0 Å². The van der Waals surface area contributed by atoms with Crippen molar-refractivity contribution in [2.45, 2.75) is 32.7 Å². The predicted octanol–water partition coefficient (Wildman–Crippen LogP) is 6.19. The van der Waals surface area contributed by atoms with E-state index < -0.39 is 0 Å². The molecule has 172 valence electrons. The van der Waals surface area contributed by atoms with Gasteiger partial charge in [0.15, 0.2) is 0 Å². The molecule has 0 fully saturated rings. The van der Waals surface area contributed by atoms with Gasteiger partial charge in [0.05, 0.1) is 20.8 Å². The maximum Gasteiger partial charge on any atom is 0.145 e. The Hall–Kier alpha value is -2.83. The van der Waals surface area contributed by atoms with Crippen LogP contribution in [0.5, 0.6) is 11.5 Å². The highest BCUT2D eigenvalue weighted by molar-refractivity contribution is 9.10. The Bertz CT molecular complexity index is 1260. The fourth-order valence-electron chi connectivity index (χ4n) is 4.14. The quantitative estimate of drug-likeness (QED) is 0.308. The minimum absolute atomic E-state index is 0.00880. The number of fused-ring (bicyclic) bond motifs is 1. The van der Waals surface area contributed by atoms with E-state index in [1.165, 1.54) is 5.56 Å². The van der Waals surface area contributed by atoms with Gasteiger partial charge in [0, 0.05) is 16.6 Å². The summed E-state index contributed by atoms with van der Waals surface area (Å²) in [6, 6.07) is 18.6. The maximum atomic E-state index is 9.80. The molecule has 0 saturated carbocycles. The van der Waals surface area contributed by atoms with E-state index in [0.29, 0.717) is 18.9 Å². The smallest absolute Gasteiger partial charge is 0.145 e. The molecule has 0 bridgehead atoms. The Kier molecular flexibility index (Phi) is 7.05. The van der Waals surface area contributed by atoms with Gasteiger partial charge >= 0.3 is 0 Å². The molecule has 1 N–H and O–H groups in total. The molecule has 4 aromatic rings. The van der Waals surface area contributed by atoms with Crippen molar-refractivity contribution in [1.29, 1.82) is 0 Å². The lowest BCUT2D eigenvalue weighted by molar-refractivity contribution is 0.278. The highest BCUT2D eigenvalue weighted by Crippen LogP contribution is 2.39. The van der Waals surface area contributed by atoms with Crippen molar-refractivity contribution in [3.05, 3.63) is 75.8 Å². The van der Waals surface area contributed by atoms with Crippen LogP contribution in [-0.2, 0) is 13.0 Å². The first-order chi connectivity index (χ1) is 16.0. The van der Waals surface area contributed by atoms with E-state index in [4.69, 9.17) is 14.5 Å². The lowest BCUT2D eigenvalue weighted by atomic mass is 10.0. The summed E-state index contributed by atoms with van der Waals surface area (Å²) >= 11 is 3.82. The summed E-state index contributed by atoms with van der Waals surface area (Å²) < 4.78 is 14.2. The lowest BCUT2D eigenvalue weighted by Gasteiger charge is -2.13. The van der Waals surface area contributed by atoms with Crippen LogP contribution in [0.1, 0.15) is 36.5 Å². The van der Waals surface area contributed by atoms with E-state index in [1.54, 1.807) is 14.2 Å². The van der Waals surface area contributed by atoms with Crippen molar-refractivity contribution in [3.63, 3.8) is 0 Å². The first kappa shape index (κ1) is 23.3. The summed E-state index contributed by atoms with van der Waals surface area (Å²) in [6.45, 7) is 4.80. The molecule has 0 unspecified atom stereocenters. The number of rotatable bonds is 8. The molecular formula is C27H29BrN2O3. The molecule has 1 aromatic heterocycles. The summed E-state index contributed by atoms with van der Waals surface area (Å²) in [5, 5.41) is 9.80. The molecule has 0 aliphatic rings. The van der Waals surface area contributed by atoms with Crippen molar-refractivity contribution >= 4 is 27.0 Å². The molecular weight excluding hydrogens is 480 g/mol. The van der Waals surface area contributed by atoms with Gasteiger partial charge in [0.25, 0.3) is 0 Å². The normalized spacial score (nSPS) is 11.4. The maximum absolute atomic E-state index is 9.80. The fourth-order valence-corrected chi connectivity index (χ4v) is 4.67. The largest absolute Gasteiger partial charge is 0.497 e. The standard InChI is InChI=1S/C27H29BrN2O3/c1-17(2)19-8-10-20(11-9-19)27-29-25-24(28)21(14-18-6-5-7-22(15-18)32-3)16-23(33-4)26(25)30(27)12-13-31/h5-11,15-17,31H,12-14H2,1-4H3. The van der Waals surface area contributed by atoms with Crippen LogP contribution < -0.4 is 9.47 Å². The fraction of sp³-hybridized carbons (Fsp3) is 0.296. The molecule has 0 saturated heterocycles. The SMILES string of the molecule is COc1cccc(Cc2cc(OC)c3c(nc(-c4ccc(C(C)C)cc4)n3CCO)c2Br)c1. The Labute approximate surface area is 203 Å². The number of hydrogen-bond acceptors (Lipinski definition) is 4. The monoisotopic (exact) mass is 508 g/mol. The Balaban J connectivity index is 1.87. The summed E-state index contributed by atoms with van der Waals surface area (Å²) in [4.78, 5) is 5.02. The molecule has 6 heteroatoms. The predicted molar refractivity (Wildman–Crippen MR) is 136 cm³/mol. The number of aliphatic hydroxyl groups excluding tert-OH is 1. The summed E-state index contributed by atoms with van der Waals surface area (Å²) in [7, 11) is 3.35. The number of methoxy groups -OCH3 is 2. The van der Waals surface area contributed by atoms with E-state index in [2.05, 4.69) is 60.1 Å². The van der Waals surface area contributed by atoms with Crippen molar-refractivity contribution < 1.29 is 14.6 Å². The highest BCUT2D eigenvalue weighted by atomic mass is 79.9. The molecule has 33 heavy (non-hydrogen) atoms. The zero-order valence-corrected chi connectivity index (χ0v) is 21.0. The van der Waals surface area contributed by atoms with Crippen LogP contribution in [-0.4, -0.2) is 35.5 Å². The van der Waals surface area contributed by atoms with Crippen molar-refractivity contribution in [1.82, 2.24) is 9.55 Å². The van der Waals surface area contributed by atoms with Gasteiger partial charge < -0.3 is 19.1 Å². The van der Waals surface area contributed by atoms with Crippen LogP contribution in [0.25, 0.3) is 22.4 Å². The number of nitrogens with zero attached hydrogens (tertiary/aromatic N) is 2. The summed E-state index contributed by atoms with van der Waals surface area (Å²) in [5.74, 6) is 2.84. The van der Waals surface area contributed by atoms with E-state index in [-0.39, 0.29) is 6.61 Å². The highest BCUT2D eigenvalue weighted by Gasteiger charge is 2.21. The number of halogens is 1. The third kappa shape index (κ3) is 4.63. The van der Waals surface area contributed by atoms with Crippen LogP contribution in [0.4, 0.5) is 0 Å². The van der Waals surface area contributed by atoms with Crippen LogP contribution in [0.15, 0.2) is 59.1 Å². The average Bonchev–Trinajstić information content (AvgIpc) is 3.21. The minimum atomic E-state index is 0.00880. The van der Waals surface area contributed by atoms with Crippen LogP contribution in [0, 0.1) is 0 Å². The Morgan fingerprint density at radius 3 is 2.42 bits per heavy atom. The van der Waals surface area contributed by atoms with Crippen LogP contribution in [0.2, 0.25) is 0 Å². The van der Waals surface area contributed by atoms with Crippen molar-refractivity contribution in [2.75, 3.05) is 20.8 Å². The van der Waals surface area contributed by atoms with Crippen LogP contribution in [0.3, 0.4) is 0 Å². The second-order valence-corrected chi connectivity index (χ2v) is 9.16. The number of aliphatic hydroxyl groups is 1. The minimum Gasteiger partial charge on any atom is -0.497 e. The Morgan fingerprint density at radius 2 is 1.79 bits per heavy atom. The summed E-state index contributed by atoms with van der Waals surface area (Å²) in [6.07, 6.45) is 0.704. The van der Waals surface area contributed by atoms with Gasteiger partial charge in [0.2, 0.25) is 0 Å². The second kappa shape index (κ2) is 9.98. The molecule has 3 aromatic carbocycles. The molecule has 4 rings (SSSR count). The van der Waals surface area contributed by atoms with Gasteiger partial charge in [-0.2, -0.15) is 0 Å². The van der Waals surface area contributed by atoms with Crippen LogP contribution >= 0.6 is 15.9 Å². The number of aromatic nitrogens is 2. The average molecular weight is 509 g/mol. The van der Waals surface area contributed by atoms with Gasteiger partial charge in [-0.1, -0.05) is 50.2 Å². The zero-order chi connectivity index (χ0) is 23.5. The van der Waals surface area contributed by atoms with Gasteiger partial charge in [-0.25, -0.2) is 4.98 Å². The molecule has 0 spiro atoms. The molecule has 0 aliphatic carbocycles. The third-order valence-electron chi connectivity index (χ3n) is 5.90. The summed E-state index contributed by atoms with van der Waals surface area (Å²) in [5.41, 5.74) is 6.19. The van der Waals surface area contributed by atoms with Gasteiger partial charge in [-0.15, -0.1) is 0 Å². The molecule has 5 nitrogen and oxygen atoms in total. The molecule has 0 amide bonds. The van der Waals surface area contributed by atoms with E-state index in [9.17, 15) is 5.11 Å². The zero-order valence-electron chi connectivity index (χ0n) is 19.4. The first-order valence-electron chi connectivity index (χ1n) is 11.1. The van der Waals surface area contributed by atoms with E-state index >= 15 is 0 Å². The van der Waals surface area contributed by atoms with Gasteiger partial charge in [-0.05, 0) is 63.2 Å². The molecule has 0 aliphatic heterocycles. The van der Waals surface area contributed by atoms with Crippen molar-refractivity contribution in [3.8, 4) is 22.9 Å². The number of hydrogen-bond donors (Lipinski definition) is 1. The molecule has 0 radical (unpaired) electrons. The number of ether oxygens (including phenoxy) is 2. The Morgan fingerprint density at radius 1 is 1.03 bits per heavy atom. The second-order valence-electron chi connectivity index (χ2n) is 8.36. The lowest BCUT2D eigenvalue weighted by Crippen LogP contribution is -2.05. The first-order valence-corrected chi connectivity index (χ1v) is 11.9. The van der Waals surface area contributed by atoms with Gasteiger partial charge in [-0.3, -0.25) is 0 Å².